The van der Waals surface area contributed by atoms with Gasteiger partial charge in [0, 0.05) is 18.7 Å². The zero-order valence-corrected chi connectivity index (χ0v) is 17.1. The van der Waals surface area contributed by atoms with Gasteiger partial charge in [0.1, 0.15) is 18.9 Å². The Labute approximate surface area is 180 Å². The van der Waals surface area contributed by atoms with Crippen LogP contribution in [0, 0.1) is 10.1 Å². The van der Waals surface area contributed by atoms with Crippen molar-refractivity contribution in [1.82, 2.24) is 30.6 Å². The van der Waals surface area contributed by atoms with E-state index in [4.69, 9.17) is 14.0 Å². The fraction of sp³-hybridized carbons (Fsp3) is 0.278. The highest BCUT2D eigenvalue weighted by Gasteiger charge is 2.17. The van der Waals surface area contributed by atoms with E-state index in [2.05, 4.69) is 25.9 Å². The van der Waals surface area contributed by atoms with Crippen LogP contribution in [-0.4, -0.2) is 64.0 Å². The molecule has 0 saturated heterocycles. The predicted octanol–water partition coefficient (Wildman–Crippen LogP) is 0.405. The topological polar surface area (TPSA) is 177 Å². The maximum absolute atomic E-state index is 12.2. The van der Waals surface area contributed by atoms with Gasteiger partial charge in [-0.1, -0.05) is 5.16 Å². The predicted molar refractivity (Wildman–Crippen MR) is 107 cm³/mol. The first-order valence-corrected chi connectivity index (χ1v) is 9.19. The Morgan fingerprint density at radius 1 is 1.19 bits per heavy atom. The summed E-state index contributed by atoms with van der Waals surface area (Å²) in [5.74, 6) is -0.0820. The molecule has 0 spiro atoms. The van der Waals surface area contributed by atoms with Gasteiger partial charge >= 0.3 is 17.5 Å². The summed E-state index contributed by atoms with van der Waals surface area (Å²) in [5, 5.41) is 23.2. The molecule has 0 unspecified atom stereocenters. The van der Waals surface area contributed by atoms with Crippen LogP contribution >= 0.6 is 0 Å². The summed E-state index contributed by atoms with van der Waals surface area (Å²) in [6.45, 7) is 0.0165. The molecule has 0 saturated carbocycles. The highest BCUT2D eigenvalue weighted by atomic mass is 16.6. The molecule has 14 heteroatoms. The van der Waals surface area contributed by atoms with Crippen molar-refractivity contribution in [1.29, 1.82) is 0 Å². The molecule has 0 aliphatic rings. The molecular formula is C18H19N7O7. The summed E-state index contributed by atoms with van der Waals surface area (Å²) in [6.07, 6.45) is 2.20. The van der Waals surface area contributed by atoms with Crippen molar-refractivity contribution in [3.8, 4) is 22.9 Å². The third-order valence-corrected chi connectivity index (χ3v) is 4.13. The number of rotatable bonds is 10. The SMILES string of the molecule is COc1ccc(-c2noc(C(=O)NCCNC(=O)Cn3cc([N+](=O)[O-])cn3)n2)cc1OC. The van der Waals surface area contributed by atoms with Gasteiger partial charge in [-0.15, -0.1) is 0 Å². The third kappa shape index (κ3) is 5.35. The van der Waals surface area contributed by atoms with E-state index in [0.717, 1.165) is 17.1 Å². The van der Waals surface area contributed by atoms with Gasteiger partial charge < -0.3 is 24.6 Å². The van der Waals surface area contributed by atoms with E-state index >= 15 is 0 Å². The Kier molecular flexibility index (Phi) is 6.95. The first-order chi connectivity index (χ1) is 15.4. The highest BCUT2D eigenvalue weighted by molar-refractivity contribution is 5.90. The molecule has 3 aromatic rings. The van der Waals surface area contributed by atoms with Crippen LogP contribution in [0.2, 0.25) is 0 Å². The average molecular weight is 445 g/mol. The monoisotopic (exact) mass is 445 g/mol. The van der Waals surface area contributed by atoms with E-state index in [0.29, 0.717) is 17.1 Å². The van der Waals surface area contributed by atoms with Crippen LogP contribution in [0.15, 0.2) is 35.1 Å². The lowest BCUT2D eigenvalue weighted by atomic mass is 10.2. The molecule has 0 radical (unpaired) electrons. The summed E-state index contributed by atoms with van der Waals surface area (Å²) in [7, 11) is 3.01. The number of benzene rings is 1. The first-order valence-electron chi connectivity index (χ1n) is 9.19. The zero-order chi connectivity index (χ0) is 23.1. The van der Waals surface area contributed by atoms with Crippen molar-refractivity contribution in [2.45, 2.75) is 6.54 Å². The number of ether oxygens (including phenoxy) is 2. The van der Waals surface area contributed by atoms with Gasteiger partial charge in [-0.05, 0) is 18.2 Å². The molecule has 14 nitrogen and oxygen atoms in total. The van der Waals surface area contributed by atoms with Crippen molar-refractivity contribution in [3.63, 3.8) is 0 Å². The van der Waals surface area contributed by atoms with Gasteiger partial charge in [0.15, 0.2) is 11.5 Å². The number of hydrogen-bond donors (Lipinski definition) is 2. The number of methoxy groups -OCH3 is 2. The summed E-state index contributed by atoms with van der Waals surface area (Å²) >= 11 is 0. The van der Waals surface area contributed by atoms with E-state index < -0.39 is 16.7 Å². The molecule has 2 N–H and O–H groups in total. The van der Waals surface area contributed by atoms with Crippen LogP contribution in [0.5, 0.6) is 11.5 Å². The molecule has 0 atom stereocenters. The van der Waals surface area contributed by atoms with Crippen molar-refractivity contribution in [2.24, 2.45) is 0 Å². The molecule has 2 aromatic heterocycles. The van der Waals surface area contributed by atoms with Gasteiger partial charge in [-0.25, -0.2) is 0 Å². The quantitative estimate of drug-likeness (QED) is 0.252. The van der Waals surface area contributed by atoms with Gasteiger partial charge in [0.25, 0.3) is 0 Å². The van der Waals surface area contributed by atoms with Crippen molar-refractivity contribution in [3.05, 3.63) is 46.6 Å². The summed E-state index contributed by atoms with van der Waals surface area (Å²) in [6, 6.07) is 5.02. The number of aromatic nitrogens is 4. The summed E-state index contributed by atoms with van der Waals surface area (Å²) in [5.41, 5.74) is 0.355. The molecule has 32 heavy (non-hydrogen) atoms. The standard InChI is InChI=1S/C18H19N7O7/c1-30-13-4-3-11(7-14(13)31-2)16-22-18(32-23-16)17(27)20-6-5-19-15(26)10-24-9-12(8-21-24)25(28)29/h3-4,7-9H,5-6,10H2,1-2H3,(H,19,26)(H,20,27). The maximum Gasteiger partial charge on any atom is 0.316 e. The Morgan fingerprint density at radius 3 is 2.62 bits per heavy atom. The smallest absolute Gasteiger partial charge is 0.316 e. The molecule has 1 aromatic carbocycles. The Morgan fingerprint density at radius 2 is 1.94 bits per heavy atom. The molecule has 0 aliphatic heterocycles. The lowest BCUT2D eigenvalue weighted by Crippen LogP contribution is -2.36. The molecule has 2 amide bonds. The highest BCUT2D eigenvalue weighted by Crippen LogP contribution is 2.31. The van der Waals surface area contributed by atoms with Crippen molar-refractivity contribution < 1.29 is 28.5 Å². The van der Waals surface area contributed by atoms with Crippen LogP contribution in [0.1, 0.15) is 10.7 Å². The second kappa shape index (κ2) is 10.0. The van der Waals surface area contributed by atoms with Crippen LogP contribution in [0.25, 0.3) is 11.4 Å². The largest absolute Gasteiger partial charge is 0.493 e. The third-order valence-electron chi connectivity index (χ3n) is 4.13. The normalized spacial score (nSPS) is 10.4. The Hall–Kier alpha value is -4.49. The minimum Gasteiger partial charge on any atom is -0.493 e. The van der Waals surface area contributed by atoms with E-state index in [1.54, 1.807) is 18.2 Å². The number of carbonyl (C=O) groups is 2. The molecule has 0 fully saturated rings. The fourth-order valence-electron chi connectivity index (χ4n) is 2.60. The maximum atomic E-state index is 12.2. The molecular weight excluding hydrogens is 426 g/mol. The minimum atomic E-state index is -0.610. The Bertz CT molecular complexity index is 1120. The van der Waals surface area contributed by atoms with Crippen LogP contribution in [0.3, 0.4) is 0 Å². The van der Waals surface area contributed by atoms with Gasteiger partial charge in [-0.3, -0.25) is 24.4 Å². The van der Waals surface area contributed by atoms with Crippen molar-refractivity contribution >= 4 is 17.5 Å². The van der Waals surface area contributed by atoms with E-state index in [-0.39, 0.29) is 37.0 Å². The number of amides is 2. The Balaban J connectivity index is 1.47. The van der Waals surface area contributed by atoms with Crippen LogP contribution in [0.4, 0.5) is 5.69 Å². The van der Waals surface area contributed by atoms with E-state index in [9.17, 15) is 19.7 Å². The van der Waals surface area contributed by atoms with E-state index in [1.807, 2.05) is 0 Å². The number of nitrogens with one attached hydrogen (secondary N) is 2. The number of nitrogens with zero attached hydrogens (tertiary/aromatic N) is 5. The van der Waals surface area contributed by atoms with Gasteiger partial charge in [0.05, 0.1) is 19.1 Å². The molecule has 3 rings (SSSR count). The lowest BCUT2D eigenvalue weighted by Gasteiger charge is -2.07. The number of nitro groups is 1. The summed E-state index contributed by atoms with van der Waals surface area (Å²) < 4.78 is 16.5. The van der Waals surface area contributed by atoms with E-state index in [1.165, 1.54) is 14.2 Å². The molecule has 0 bridgehead atoms. The first kappa shape index (κ1) is 22.2. The minimum absolute atomic E-state index is 0.0951. The van der Waals surface area contributed by atoms with Gasteiger partial charge in [0.2, 0.25) is 11.7 Å². The zero-order valence-electron chi connectivity index (χ0n) is 17.1. The molecule has 168 valence electrons. The summed E-state index contributed by atoms with van der Waals surface area (Å²) in [4.78, 5) is 38.1. The molecule has 2 heterocycles. The second-order valence-electron chi connectivity index (χ2n) is 6.25. The number of hydrogen-bond acceptors (Lipinski definition) is 10. The average Bonchev–Trinajstić information content (AvgIpc) is 3.46. The van der Waals surface area contributed by atoms with Gasteiger partial charge in [-0.2, -0.15) is 10.1 Å². The van der Waals surface area contributed by atoms with Crippen molar-refractivity contribution in [2.75, 3.05) is 27.3 Å². The lowest BCUT2D eigenvalue weighted by molar-refractivity contribution is -0.385. The molecule has 0 aliphatic carbocycles. The van der Waals surface area contributed by atoms with Crippen LogP contribution < -0.4 is 20.1 Å². The second-order valence-corrected chi connectivity index (χ2v) is 6.25. The fourth-order valence-corrected chi connectivity index (χ4v) is 2.60. The number of carbonyl (C=O) groups excluding carboxylic acids is 2. The van der Waals surface area contributed by atoms with Crippen LogP contribution in [-0.2, 0) is 11.3 Å².